The van der Waals surface area contributed by atoms with Crippen LogP contribution in [-0.2, 0) is 0 Å². The van der Waals surface area contributed by atoms with Gasteiger partial charge in [-0.2, -0.15) is 5.26 Å². The molecule has 4 heteroatoms. The summed E-state index contributed by atoms with van der Waals surface area (Å²) in [5.41, 5.74) is 2.71. The molecule has 1 amide bonds. The number of amides is 1. The topological polar surface area (TPSA) is 44.1 Å². The van der Waals surface area contributed by atoms with Gasteiger partial charge in [-0.05, 0) is 45.6 Å². The second kappa shape index (κ2) is 7.38. The molecule has 0 N–H and O–H groups in total. The first-order valence-corrected chi connectivity index (χ1v) is 9.75. The minimum Gasteiger partial charge on any atom is -0.339 e. The predicted molar refractivity (Wildman–Crippen MR) is 117 cm³/mol. The second-order valence-corrected chi connectivity index (χ2v) is 7.73. The van der Waals surface area contributed by atoms with Crippen LogP contribution in [0.25, 0.3) is 32.7 Å². The summed E-state index contributed by atoms with van der Waals surface area (Å²) in [6, 6.07) is 26.3. The van der Waals surface area contributed by atoms with Crippen molar-refractivity contribution in [1.29, 1.82) is 5.26 Å². The van der Waals surface area contributed by atoms with Gasteiger partial charge < -0.3 is 4.90 Å². The van der Waals surface area contributed by atoms with Gasteiger partial charge in [0.25, 0.3) is 5.24 Å². The molecule has 0 bridgehead atoms. The van der Waals surface area contributed by atoms with Crippen molar-refractivity contribution in [3.63, 3.8) is 0 Å². The summed E-state index contributed by atoms with van der Waals surface area (Å²) >= 11 is 1.23. The highest BCUT2D eigenvalue weighted by atomic mass is 32.2. The molecule has 0 fully saturated rings. The van der Waals surface area contributed by atoms with E-state index in [1.54, 1.807) is 19.0 Å². The Bertz CT molecular complexity index is 1250. The van der Waals surface area contributed by atoms with Crippen LogP contribution in [0.15, 0.2) is 77.7 Å². The van der Waals surface area contributed by atoms with E-state index in [-0.39, 0.29) is 5.24 Å². The number of hydrogen-bond donors (Lipinski definition) is 0. The van der Waals surface area contributed by atoms with Crippen LogP contribution in [0.2, 0.25) is 0 Å². The Morgan fingerprint density at radius 2 is 1.54 bits per heavy atom. The van der Waals surface area contributed by atoms with E-state index in [9.17, 15) is 10.1 Å². The standard InChI is InChI=1S/C24H18N2OS/c1-26(2)24(27)28-22-14-12-16-7-3-4-9-19(16)23(22)21-13-11-17(15-25)18-8-5-6-10-20(18)21/h3-14H,1-2H3. The molecular formula is C24H18N2OS. The predicted octanol–water partition coefficient (Wildman–Crippen LogP) is 6.31. The van der Waals surface area contributed by atoms with Gasteiger partial charge in [-0.25, -0.2) is 0 Å². The van der Waals surface area contributed by atoms with Crippen LogP contribution >= 0.6 is 11.8 Å². The zero-order valence-corrected chi connectivity index (χ0v) is 16.5. The number of carbonyl (C=O) groups is 1. The van der Waals surface area contributed by atoms with Gasteiger partial charge in [-0.1, -0.05) is 60.7 Å². The molecule has 0 radical (unpaired) electrons. The maximum atomic E-state index is 12.4. The molecule has 4 aromatic rings. The summed E-state index contributed by atoms with van der Waals surface area (Å²) in [6.45, 7) is 0. The minimum absolute atomic E-state index is 0.0190. The molecule has 0 aliphatic rings. The second-order valence-electron chi connectivity index (χ2n) is 6.74. The molecule has 0 aliphatic heterocycles. The van der Waals surface area contributed by atoms with Gasteiger partial charge >= 0.3 is 0 Å². The fourth-order valence-corrected chi connectivity index (χ4v) is 4.24. The average molecular weight is 382 g/mol. The summed E-state index contributed by atoms with van der Waals surface area (Å²) in [6.07, 6.45) is 0. The zero-order valence-electron chi connectivity index (χ0n) is 15.6. The molecule has 4 rings (SSSR count). The molecule has 4 aromatic carbocycles. The van der Waals surface area contributed by atoms with Gasteiger partial charge in [-0.3, -0.25) is 4.79 Å². The van der Waals surface area contributed by atoms with Gasteiger partial charge in [0.05, 0.1) is 11.6 Å². The number of thioether (sulfide) groups is 1. The highest BCUT2D eigenvalue weighted by molar-refractivity contribution is 8.13. The van der Waals surface area contributed by atoms with Crippen molar-refractivity contribution in [2.24, 2.45) is 0 Å². The largest absolute Gasteiger partial charge is 0.339 e. The molecule has 136 valence electrons. The lowest BCUT2D eigenvalue weighted by atomic mass is 9.92. The number of nitrogens with zero attached hydrogens (tertiary/aromatic N) is 2. The van der Waals surface area contributed by atoms with Crippen molar-refractivity contribution < 1.29 is 4.79 Å². The maximum Gasteiger partial charge on any atom is 0.285 e. The summed E-state index contributed by atoms with van der Waals surface area (Å²) in [5.74, 6) is 0. The minimum atomic E-state index is -0.0190. The Hall–Kier alpha value is -3.29. The van der Waals surface area contributed by atoms with Crippen LogP contribution in [0.3, 0.4) is 0 Å². The van der Waals surface area contributed by atoms with E-state index in [1.165, 1.54) is 11.8 Å². The van der Waals surface area contributed by atoms with Crippen molar-refractivity contribution in [2.75, 3.05) is 14.1 Å². The van der Waals surface area contributed by atoms with Gasteiger partial charge in [0.15, 0.2) is 0 Å². The molecule has 28 heavy (non-hydrogen) atoms. The van der Waals surface area contributed by atoms with E-state index in [2.05, 4.69) is 24.3 Å². The normalized spacial score (nSPS) is 10.8. The van der Waals surface area contributed by atoms with Crippen LogP contribution < -0.4 is 0 Å². The van der Waals surface area contributed by atoms with Crippen molar-refractivity contribution in [3.8, 4) is 17.2 Å². The third-order valence-corrected chi connectivity index (χ3v) is 5.87. The molecule has 0 saturated carbocycles. The number of benzene rings is 4. The number of carbonyl (C=O) groups excluding carboxylic acids is 1. The summed E-state index contributed by atoms with van der Waals surface area (Å²) < 4.78 is 0. The summed E-state index contributed by atoms with van der Waals surface area (Å²) in [4.78, 5) is 14.9. The third kappa shape index (κ3) is 3.11. The van der Waals surface area contributed by atoms with Gasteiger partial charge in [0, 0.05) is 29.9 Å². The van der Waals surface area contributed by atoms with E-state index in [0.29, 0.717) is 5.56 Å². The van der Waals surface area contributed by atoms with E-state index >= 15 is 0 Å². The van der Waals surface area contributed by atoms with Crippen LogP contribution in [0.1, 0.15) is 5.56 Å². The number of rotatable bonds is 2. The summed E-state index contributed by atoms with van der Waals surface area (Å²) in [7, 11) is 3.51. The Morgan fingerprint density at radius 1 is 0.857 bits per heavy atom. The first-order valence-electron chi connectivity index (χ1n) is 8.93. The average Bonchev–Trinajstić information content (AvgIpc) is 2.73. The van der Waals surface area contributed by atoms with Gasteiger partial charge in [-0.15, -0.1) is 0 Å². The van der Waals surface area contributed by atoms with Crippen LogP contribution in [0.4, 0.5) is 4.79 Å². The van der Waals surface area contributed by atoms with Crippen molar-refractivity contribution in [2.45, 2.75) is 4.90 Å². The van der Waals surface area contributed by atoms with E-state index in [1.807, 2.05) is 54.6 Å². The quantitative estimate of drug-likeness (QED) is 0.382. The Labute approximate surface area is 168 Å². The van der Waals surface area contributed by atoms with Crippen LogP contribution in [-0.4, -0.2) is 24.2 Å². The lowest BCUT2D eigenvalue weighted by Crippen LogP contribution is -2.16. The van der Waals surface area contributed by atoms with E-state index in [0.717, 1.165) is 37.6 Å². The van der Waals surface area contributed by atoms with Gasteiger partial charge in [0.2, 0.25) is 0 Å². The number of hydrogen-bond acceptors (Lipinski definition) is 3. The molecular weight excluding hydrogens is 364 g/mol. The highest BCUT2D eigenvalue weighted by Crippen LogP contribution is 2.41. The zero-order chi connectivity index (χ0) is 19.7. The van der Waals surface area contributed by atoms with Crippen LogP contribution in [0.5, 0.6) is 0 Å². The van der Waals surface area contributed by atoms with Crippen molar-refractivity contribution in [1.82, 2.24) is 4.90 Å². The summed E-state index contributed by atoms with van der Waals surface area (Å²) in [5, 5.41) is 13.6. The SMILES string of the molecule is CN(C)C(=O)Sc1ccc2ccccc2c1-c1ccc(C#N)c2ccccc12. The van der Waals surface area contributed by atoms with Crippen LogP contribution in [0, 0.1) is 11.3 Å². The molecule has 0 spiro atoms. The van der Waals surface area contributed by atoms with Crippen molar-refractivity contribution in [3.05, 3.63) is 78.4 Å². The smallest absolute Gasteiger partial charge is 0.285 e. The molecule has 0 saturated heterocycles. The monoisotopic (exact) mass is 382 g/mol. The van der Waals surface area contributed by atoms with E-state index < -0.39 is 0 Å². The Morgan fingerprint density at radius 3 is 2.25 bits per heavy atom. The van der Waals surface area contributed by atoms with Crippen molar-refractivity contribution >= 4 is 38.5 Å². The Balaban J connectivity index is 2.07. The van der Waals surface area contributed by atoms with Gasteiger partial charge in [0.1, 0.15) is 0 Å². The lowest BCUT2D eigenvalue weighted by Gasteiger charge is -2.17. The Kier molecular flexibility index (Phi) is 4.77. The van der Waals surface area contributed by atoms with E-state index in [4.69, 9.17) is 0 Å². The third-order valence-electron chi connectivity index (χ3n) is 4.77. The molecule has 0 aliphatic carbocycles. The first kappa shape index (κ1) is 18.1. The molecule has 0 atom stereocenters. The number of nitriles is 1. The molecule has 3 nitrogen and oxygen atoms in total. The first-order chi connectivity index (χ1) is 13.6. The fourth-order valence-electron chi connectivity index (χ4n) is 3.41. The lowest BCUT2D eigenvalue weighted by molar-refractivity contribution is 0.241. The fraction of sp³-hybridized carbons (Fsp3) is 0.0833. The highest BCUT2D eigenvalue weighted by Gasteiger charge is 2.17. The molecule has 0 unspecified atom stereocenters. The number of fused-ring (bicyclic) bond motifs is 2. The molecule has 0 heterocycles. The molecule has 0 aromatic heterocycles. The maximum absolute atomic E-state index is 12.4.